The van der Waals surface area contributed by atoms with Crippen LogP contribution in [-0.2, 0) is 26.2 Å². The molecule has 3 rings (SSSR count). The molecule has 6 nitrogen and oxygen atoms in total. The van der Waals surface area contributed by atoms with Crippen molar-refractivity contribution in [3.8, 4) is 0 Å². The number of amides is 2. The lowest BCUT2D eigenvalue weighted by molar-refractivity contribution is -0.121. The second-order valence-corrected chi connectivity index (χ2v) is 8.29. The minimum absolute atomic E-state index is 0.00316. The Bertz CT molecular complexity index is 959. The molecule has 26 heavy (non-hydrogen) atoms. The van der Waals surface area contributed by atoms with Crippen LogP contribution in [0.1, 0.15) is 18.4 Å². The van der Waals surface area contributed by atoms with Crippen molar-refractivity contribution in [1.29, 1.82) is 0 Å². The molecule has 1 N–H and O–H groups in total. The second-order valence-electron chi connectivity index (χ2n) is 5.68. The highest BCUT2D eigenvalue weighted by molar-refractivity contribution is 7.89. The highest BCUT2D eigenvalue weighted by atomic mass is 35.5. The molecule has 0 spiro atoms. The summed E-state index contributed by atoms with van der Waals surface area (Å²) < 4.78 is 27.3. The zero-order chi connectivity index (χ0) is 18.9. The summed E-state index contributed by atoms with van der Waals surface area (Å²) in [4.78, 5) is 24.6. The van der Waals surface area contributed by atoms with Crippen LogP contribution < -0.4 is 9.62 Å². The molecule has 2 aromatic carbocycles. The largest absolute Gasteiger partial charge is 0.274 e. The van der Waals surface area contributed by atoms with Gasteiger partial charge in [-0.2, -0.15) is 0 Å². The van der Waals surface area contributed by atoms with Gasteiger partial charge in [0.05, 0.1) is 10.6 Å². The smallest absolute Gasteiger partial charge is 0.240 e. The number of nitrogens with zero attached hydrogens (tertiary/aromatic N) is 1. The fraction of sp³-hybridized carbons (Fsp3) is 0.176. The number of benzene rings is 2. The number of halogens is 2. The number of nitrogens with one attached hydrogen (secondary N) is 1. The first-order chi connectivity index (χ1) is 12.3. The van der Waals surface area contributed by atoms with Crippen LogP contribution in [0.5, 0.6) is 0 Å². The van der Waals surface area contributed by atoms with Crippen molar-refractivity contribution in [1.82, 2.24) is 4.72 Å². The van der Waals surface area contributed by atoms with Gasteiger partial charge < -0.3 is 0 Å². The molecule has 0 aliphatic carbocycles. The summed E-state index contributed by atoms with van der Waals surface area (Å²) >= 11 is 11.9. The average molecular weight is 413 g/mol. The van der Waals surface area contributed by atoms with Gasteiger partial charge in [-0.1, -0.05) is 29.3 Å². The molecule has 0 aromatic heterocycles. The van der Waals surface area contributed by atoms with E-state index in [9.17, 15) is 18.0 Å². The predicted octanol–water partition coefficient (Wildman–Crippen LogP) is 3.13. The molecule has 0 radical (unpaired) electrons. The molecule has 0 atom stereocenters. The summed E-state index contributed by atoms with van der Waals surface area (Å²) in [6, 6.07) is 10.4. The quantitative estimate of drug-likeness (QED) is 0.764. The van der Waals surface area contributed by atoms with Crippen LogP contribution in [0.3, 0.4) is 0 Å². The molecule has 1 aliphatic heterocycles. The van der Waals surface area contributed by atoms with Crippen LogP contribution in [-0.4, -0.2) is 20.2 Å². The molecule has 9 heteroatoms. The van der Waals surface area contributed by atoms with E-state index in [-0.39, 0.29) is 36.1 Å². The van der Waals surface area contributed by atoms with E-state index in [2.05, 4.69) is 4.72 Å². The number of anilines is 1. The number of sulfonamides is 1. The monoisotopic (exact) mass is 412 g/mol. The number of hydrogen-bond acceptors (Lipinski definition) is 4. The van der Waals surface area contributed by atoms with Gasteiger partial charge in [0.1, 0.15) is 0 Å². The maximum atomic E-state index is 12.4. The maximum absolute atomic E-state index is 12.4. The molecule has 0 saturated carbocycles. The Kier molecular flexibility index (Phi) is 5.34. The third-order valence-corrected chi connectivity index (χ3v) is 5.93. The van der Waals surface area contributed by atoms with E-state index in [0.29, 0.717) is 21.3 Å². The van der Waals surface area contributed by atoms with E-state index in [0.717, 1.165) is 4.90 Å². The number of carbonyl (C=O) groups is 2. The van der Waals surface area contributed by atoms with Gasteiger partial charge in [-0.3, -0.25) is 14.5 Å². The molecule has 0 unspecified atom stereocenters. The van der Waals surface area contributed by atoms with E-state index < -0.39 is 10.0 Å². The molecule has 1 fully saturated rings. The summed E-state index contributed by atoms with van der Waals surface area (Å²) in [7, 11) is -3.78. The highest BCUT2D eigenvalue weighted by Crippen LogP contribution is 2.25. The van der Waals surface area contributed by atoms with Gasteiger partial charge in [0.15, 0.2) is 0 Å². The highest BCUT2D eigenvalue weighted by Gasteiger charge is 2.30. The fourth-order valence-electron chi connectivity index (χ4n) is 2.56. The minimum Gasteiger partial charge on any atom is -0.274 e. The van der Waals surface area contributed by atoms with Crippen molar-refractivity contribution >= 4 is 50.7 Å². The van der Waals surface area contributed by atoms with Crippen LogP contribution in [0, 0.1) is 0 Å². The SMILES string of the molecule is O=C1CCC(=O)N1c1ccc(S(=O)(=O)NCc2ccc(Cl)cc2Cl)cc1. The Morgan fingerprint density at radius 2 is 1.58 bits per heavy atom. The molecular formula is C17H14Cl2N2O4S. The van der Waals surface area contributed by atoms with Crippen molar-refractivity contribution in [3.05, 3.63) is 58.1 Å². The van der Waals surface area contributed by atoms with E-state index in [1.165, 1.54) is 30.3 Å². The normalized spacial score (nSPS) is 14.9. The predicted molar refractivity (Wildman–Crippen MR) is 98.7 cm³/mol. The van der Waals surface area contributed by atoms with Crippen LogP contribution in [0.2, 0.25) is 10.0 Å². The first-order valence-corrected chi connectivity index (χ1v) is 9.91. The molecule has 1 saturated heterocycles. The first kappa shape index (κ1) is 18.8. The molecule has 2 aromatic rings. The molecule has 2 amide bonds. The Labute approximate surface area is 160 Å². The van der Waals surface area contributed by atoms with Crippen molar-refractivity contribution < 1.29 is 18.0 Å². The Balaban J connectivity index is 1.75. The van der Waals surface area contributed by atoms with Gasteiger partial charge in [0.2, 0.25) is 21.8 Å². The minimum atomic E-state index is -3.78. The van der Waals surface area contributed by atoms with E-state index in [1.807, 2.05) is 0 Å². The van der Waals surface area contributed by atoms with Gasteiger partial charge in [0, 0.05) is 29.4 Å². The van der Waals surface area contributed by atoms with Gasteiger partial charge in [-0.25, -0.2) is 13.1 Å². The van der Waals surface area contributed by atoms with Gasteiger partial charge in [-0.05, 0) is 42.0 Å². The van der Waals surface area contributed by atoms with Crippen LogP contribution in [0.15, 0.2) is 47.4 Å². The fourth-order valence-corrected chi connectivity index (χ4v) is 4.04. The third kappa shape index (κ3) is 3.91. The summed E-state index contributed by atoms with van der Waals surface area (Å²) in [6.07, 6.45) is 0.338. The lowest BCUT2D eigenvalue weighted by atomic mass is 10.2. The lowest BCUT2D eigenvalue weighted by Gasteiger charge is -2.14. The summed E-state index contributed by atoms with van der Waals surface area (Å²) in [5.74, 6) is -0.581. The molecule has 136 valence electrons. The summed E-state index contributed by atoms with van der Waals surface area (Å²) in [6.45, 7) is 0.00316. The van der Waals surface area contributed by atoms with Gasteiger partial charge in [-0.15, -0.1) is 0 Å². The van der Waals surface area contributed by atoms with Crippen LogP contribution >= 0.6 is 23.2 Å². The number of carbonyl (C=O) groups excluding carboxylic acids is 2. The van der Waals surface area contributed by atoms with E-state index >= 15 is 0 Å². The summed E-state index contributed by atoms with van der Waals surface area (Å²) in [5.41, 5.74) is 0.946. The topological polar surface area (TPSA) is 83.6 Å². The summed E-state index contributed by atoms with van der Waals surface area (Å²) in [5, 5.41) is 0.824. The Morgan fingerprint density at radius 3 is 2.15 bits per heavy atom. The molecular weight excluding hydrogens is 399 g/mol. The van der Waals surface area contributed by atoms with E-state index in [4.69, 9.17) is 23.2 Å². The molecule has 1 heterocycles. The van der Waals surface area contributed by atoms with Crippen molar-refractivity contribution in [2.45, 2.75) is 24.3 Å². The lowest BCUT2D eigenvalue weighted by Crippen LogP contribution is -2.28. The van der Waals surface area contributed by atoms with Crippen LogP contribution in [0.25, 0.3) is 0 Å². The number of rotatable bonds is 5. The Hall–Kier alpha value is -1.93. The number of hydrogen-bond donors (Lipinski definition) is 1. The van der Waals surface area contributed by atoms with Crippen molar-refractivity contribution in [2.24, 2.45) is 0 Å². The average Bonchev–Trinajstić information content (AvgIpc) is 2.93. The maximum Gasteiger partial charge on any atom is 0.240 e. The zero-order valence-electron chi connectivity index (χ0n) is 13.4. The Morgan fingerprint density at radius 1 is 0.962 bits per heavy atom. The first-order valence-electron chi connectivity index (χ1n) is 7.67. The van der Waals surface area contributed by atoms with Gasteiger partial charge in [0.25, 0.3) is 0 Å². The van der Waals surface area contributed by atoms with Crippen LogP contribution in [0.4, 0.5) is 5.69 Å². The standard InChI is InChI=1S/C17H14Cl2N2O4S/c18-12-2-1-11(15(19)9-12)10-20-26(24,25)14-5-3-13(4-6-14)21-16(22)7-8-17(21)23/h1-6,9,20H,7-8,10H2. The zero-order valence-corrected chi connectivity index (χ0v) is 15.7. The molecule has 0 bridgehead atoms. The molecule has 1 aliphatic rings. The van der Waals surface area contributed by atoms with Crippen molar-refractivity contribution in [3.63, 3.8) is 0 Å². The van der Waals surface area contributed by atoms with Crippen molar-refractivity contribution in [2.75, 3.05) is 4.90 Å². The second kappa shape index (κ2) is 7.36. The van der Waals surface area contributed by atoms with Gasteiger partial charge >= 0.3 is 0 Å². The third-order valence-electron chi connectivity index (χ3n) is 3.92. The van der Waals surface area contributed by atoms with E-state index in [1.54, 1.807) is 12.1 Å². The number of imide groups is 1.